The zero-order valence-corrected chi connectivity index (χ0v) is 11.7. The molecule has 1 saturated heterocycles. The lowest BCUT2D eigenvalue weighted by Gasteiger charge is -2.34. The Bertz CT molecular complexity index is 382. The fraction of sp³-hybridized carbons (Fsp3) is 0.571. The predicted octanol–water partition coefficient (Wildman–Crippen LogP) is 2.73. The lowest BCUT2D eigenvalue weighted by atomic mass is 10.2. The summed E-state index contributed by atoms with van der Waals surface area (Å²) in [7, 11) is 0. The second-order valence-electron chi connectivity index (χ2n) is 5.13. The molecule has 1 heterocycles. The van der Waals surface area contributed by atoms with Crippen molar-refractivity contribution in [2.24, 2.45) is 0 Å². The fourth-order valence-corrected chi connectivity index (χ4v) is 3.00. The first-order valence-corrected chi connectivity index (χ1v) is 7.32. The van der Waals surface area contributed by atoms with Gasteiger partial charge in [-0.05, 0) is 24.5 Å². The summed E-state index contributed by atoms with van der Waals surface area (Å²) >= 11 is 3.63. The van der Waals surface area contributed by atoms with E-state index < -0.39 is 0 Å². The average molecular weight is 295 g/mol. The van der Waals surface area contributed by atoms with Crippen molar-refractivity contribution >= 4 is 15.9 Å². The Hall–Kier alpha value is -0.380. The summed E-state index contributed by atoms with van der Waals surface area (Å²) in [5.41, 5.74) is 1.41. The van der Waals surface area contributed by atoms with E-state index in [4.69, 9.17) is 0 Å². The zero-order valence-electron chi connectivity index (χ0n) is 10.1. The summed E-state index contributed by atoms with van der Waals surface area (Å²) in [4.78, 5) is 5.23. The van der Waals surface area contributed by atoms with E-state index in [9.17, 15) is 0 Å². The Morgan fingerprint density at radius 2 is 1.76 bits per heavy atom. The molecule has 1 saturated carbocycles. The molecule has 17 heavy (non-hydrogen) atoms. The lowest BCUT2D eigenvalue weighted by molar-refractivity contribution is 0.121. The van der Waals surface area contributed by atoms with Gasteiger partial charge in [0.25, 0.3) is 0 Å². The molecule has 2 aliphatic rings. The summed E-state index contributed by atoms with van der Waals surface area (Å²) in [5, 5.41) is 0. The van der Waals surface area contributed by atoms with Crippen molar-refractivity contribution in [1.82, 2.24) is 9.80 Å². The number of piperazine rings is 1. The van der Waals surface area contributed by atoms with Crippen LogP contribution in [0.1, 0.15) is 18.4 Å². The third-order valence-electron chi connectivity index (χ3n) is 3.82. The molecule has 0 spiro atoms. The topological polar surface area (TPSA) is 6.48 Å². The van der Waals surface area contributed by atoms with Gasteiger partial charge in [0.15, 0.2) is 0 Å². The van der Waals surface area contributed by atoms with E-state index in [2.05, 4.69) is 50.0 Å². The van der Waals surface area contributed by atoms with Crippen LogP contribution in [-0.4, -0.2) is 42.0 Å². The van der Waals surface area contributed by atoms with Gasteiger partial charge in [0.05, 0.1) is 0 Å². The Morgan fingerprint density at radius 3 is 2.41 bits per heavy atom. The Labute approximate surface area is 112 Å². The van der Waals surface area contributed by atoms with E-state index in [0.29, 0.717) is 0 Å². The first kappa shape index (κ1) is 11.7. The third-order valence-corrected chi connectivity index (χ3v) is 4.60. The van der Waals surface area contributed by atoms with E-state index in [1.54, 1.807) is 0 Å². The molecule has 0 amide bonds. The van der Waals surface area contributed by atoms with Gasteiger partial charge in [0.2, 0.25) is 0 Å². The van der Waals surface area contributed by atoms with Crippen molar-refractivity contribution in [2.45, 2.75) is 25.4 Å². The standard InChI is InChI=1S/C14H19BrN2/c15-14-4-2-1-3-12(14)11-16-7-9-17(10-8-16)13-5-6-13/h1-4,13H,5-11H2. The number of benzene rings is 1. The van der Waals surface area contributed by atoms with Gasteiger partial charge in [0, 0.05) is 43.2 Å². The van der Waals surface area contributed by atoms with E-state index in [1.807, 2.05) is 0 Å². The maximum atomic E-state index is 3.63. The van der Waals surface area contributed by atoms with Crippen molar-refractivity contribution in [3.63, 3.8) is 0 Å². The molecule has 0 bridgehead atoms. The van der Waals surface area contributed by atoms with Gasteiger partial charge in [0.1, 0.15) is 0 Å². The summed E-state index contributed by atoms with van der Waals surface area (Å²) in [6.45, 7) is 6.04. The quantitative estimate of drug-likeness (QED) is 0.846. The maximum Gasteiger partial charge on any atom is 0.0246 e. The molecule has 0 radical (unpaired) electrons. The van der Waals surface area contributed by atoms with Gasteiger partial charge in [-0.2, -0.15) is 0 Å². The highest BCUT2D eigenvalue weighted by molar-refractivity contribution is 9.10. The van der Waals surface area contributed by atoms with Gasteiger partial charge in [-0.3, -0.25) is 9.80 Å². The van der Waals surface area contributed by atoms with Crippen LogP contribution in [0.3, 0.4) is 0 Å². The molecule has 0 unspecified atom stereocenters. The number of rotatable bonds is 3. The third kappa shape index (κ3) is 2.90. The van der Waals surface area contributed by atoms with Crippen molar-refractivity contribution in [1.29, 1.82) is 0 Å². The minimum absolute atomic E-state index is 0.931. The monoisotopic (exact) mass is 294 g/mol. The van der Waals surface area contributed by atoms with E-state index in [0.717, 1.165) is 12.6 Å². The average Bonchev–Trinajstić information content (AvgIpc) is 3.17. The fourth-order valence-electron chi connectivity index (χ4n) is 2.59. The molecule has 3 heteroatoms. The van der Waals surface area contributed by atoms with Crippen LogP contribution in [0.25, 0.3) is 0 Å². The van der Waals surface area contributed by atoms with Crippen molar-refractivity contribution < 1.29 is 0 Å². The smallest absolute Gasteiger partial charge is 0.0246 e. The molecular formula is C14H19BrN2. The van der Waals surface area contributed by atoms with Gasteiger partial charge in [-0.25, -0.2) is 0 Å². The SMILES string of the molecule is Brc1ccccc1CN1CCN(C2CC2)CC1. The molecular weight excluding hydrogens is 276 g/mol. The second kappa shape index (κ2) is 5.09. The first-order chi connectivity index (χ1) is 8.33. The first-order valence-electron chi connectivity index (χ1n) is 6.53. The van der Waals surface area contributed by atoms with Crippen LogP contribution in [0, 0.1) is 0 Å². The second-order valence-corrected chi connectivity index (χ2v) is 5.99. The molecule has 92 valence electrons. The zero-order chi connectivity index (χ0) is 11.7. The minimum Gasteiger partial charge on any atom is -0.298 e. The number of nitrogens with zero attached hydrogens (tertiary/aromatic N) is 2. The molecule has 3 rings (SSSR count). The molecule has 0 atom stereocenters. The van der Waals surface area contributed by atoms with Crippen LogP contribution in [-0.2, 0) is 6.54 Å². The maximum absolute atomic E-state index is 3.63. The van der Waals surface area contributed by atoms with Gasteiger partial charge < -0.3 is 0 Å². The number of halogens is 1. The lowest BCUT2D eigenvalue weighted by Crippen LogP contribution is -2.46. The van der Waals surface area contributed by atoms with Crippen molar-refractivity contribution in [3.8, 4) is 0 Å². The van der Waals surface area contributed by atoms with E-state index in [1.165, 1.54) is 49.1 Å². The van der Waals surface area contributed by atoms with Crippen LogP contribution in [0.2, 0.25) is 0 Å². The minimum atomic E-state index is 0.931. The largest absolute Gasteiger partial charge is 0.298 e. The van der Waals surface area contributed by atoms with Crippen LogP contribution in [0.5, 0.6) is 0 Å². The molecule has 1 aliphatic heterocycles. The summed E-state index contributed by atoms with van der Waals surface area (Å²) in [6.07, 6.45) is 2.87. The molecule has 2 nitrogen and oxygen atoms in total. The van der Waals surface area contributed by atoms with E-state index in [-0.39, 0.29) is 0 Å². The molecule has 2 fully saturated rings. The number of hydrogen-bond acceptors (Lipinski definition) is 2. The van der Waals surface area contributed by atoms with Gasteiger partial charge >= 0.3 is 0 Å². The van der Waals surface area contributed by atoms with Crippen LogP contribution < -0.4 is 0 Å². The normalized spacial score (nSPS) is 22.9. The van der Waals surface area contributed by atoms with Crippen LogP contribution in [0.15, 0.2) is 28.7 Å². The Balaban J connectivity index is 1.55. The highest BCUT2D eigenvalue weighted by Crippen LogP contribution is 2.28. The summed E-state index contributed by atoms with van der Waals surface area (Å²) in [5.74, 6) is 0. The molecule has 1 aromatic carbocycles. The summed E-state index contributed by atoms with van der Waals surface area (Å²) < 4.78 is 1.24. The van der Waals surface area contributed by atoms with Gasteiger partial charge in [-0.1, -0.05) is 34.1 Å². The molecule has 0 N–H and O–H groups in total. The van der Waals surface area contributed by atoms with Gasteiger partial charge in [-0.15, -0.1) is 0 Å². The van der Waals surface area contributed by atoms with E-state index >= 15 is 0 Å². The predicted molar refractivity (Wildman–Crippen MR) is 74.0 cm³/mol. The molecule has 1 aliphatic carbocycles. The Morgan fingerprint density at radius 1 is 1.06 bits per heavy atom. The van der Waals surface area contributed by atoms with Crippen LogP contribution >= 0.6 is 15.9 Å². The molecule has 1 aromatic rings. The number of hydrogen-bond donors (Lipinski definition) is 0. The summed E-state index contributed by atoms with van der Waals surface area (Å²) in [6, 6.07) is 9.49. The van der Waals surface area contributed by atoms with Crippen molar-refractivity contribution in [3.05, 3.63) is 34.3 Å². The molecule has 0 aromatic heterocycles. The van der Waals surface area contributed by atoms with Crippen molar-refractivity contribution in [2.75, 3.05) is 26.2 Å². The highest BCUT2D eigenvalue weighted by atomic mass is 79.9. The Kier molecular flexibility index (Phi) is 3.50. The van der Waals surface area contributed by atoms with Crippen LogP contribution in [0.4, 0.5) is 0 Å². The highest BCUT2D eigenvalue weighted by Gasteiger charge is 2.31.